The lowest BCUT2D eigenvalue weighted by Gasteiger charge is -2.23. The molecule has 3 heteroatoms. The monoisotopic (exact) mass is 270 g/mol. The molecule has 3 nitrogen and oxygen atoms in total. The Morgan fingerprint density at radius 3 is 2.85 bits per heavy atom. The van der Waals surface area contributed by atoms with Crippen molar-refractivity contribution in [3.63, 3.8) is 0 Å². The van der Waals surface area contributed by atoms with Crippen molar-refractivity contribution in [1.82, 2.24) is 10.1 Å². The highest BCUT2D eigenvalue weighted by atomic mass is 16.5. The maximum atomic E-state index is 5.24. The van der Waals surface area contributed by atoms with Gasteiger partial charge in [0.15, 0.2) is 0 Å². The van der Waals surface area contributed by atoms with Gasteiger partial charge in [0.05, 0.1) is 6.04 Å². The van der Waals surface area contributed by atoms with Crippen molar-refractivity contribution in [3.8, 4) is 0 Å². The molecule has 1 atom stereocenters. The molecule has 0 aliphatic carbocycles. The van der Waals surface area contributed by atoms with E-state index in [1.54, 1.807) is 0 Å². The fraction of sp³-hybridized carbons (Fsp3) is 0.471. The van der Waals surface area contributed by atoms with Gasteiger partial charge in [-0.2, -0.15) is 0 Å². The third kappa shape index (κ3) is 2.63. The zero-order valence-electron chi connectivity index (χ0n) is 12.5. The molecule has 0 bridgehead atoms. The van der Waals surface area contributed by atoms with Gasteiger partial charge in [-0.1, -0.05) is 28.9 Å². The number of likely N-dealkylation sites (tertiary alicyclic amines) is 1. The molecule has 0 N–H and O–H groups in total. The zero-order chi connectivity index (χ0) is 14.1. The topological polar surface area (TPSA) is 29.3 Å². The van der Waals surface area contributed by atoms with E-state index in [9.17, 15) is 0 Å². The summed E-state index contributed by atoms with van der Waals surface area (Å²) in [5, 5.41) is 4.21. The molecule has 1 saturated heterocycles. The normalized spacial score (nSPS) is 19.6. The molecule has 1 fully saturated rings. The minimum Gasteiger partial charge on any atom is -0.361 e. The molecule has 1 aromatic carbocycles. The van der Waals surface area contributed by atoms with E-state index >= 15 is 0 Å². The van der Waals surface area contributed by atoms with Gasteiger partial charge in [0.1, 0.15) is 11.5 Å². The molecule has 2 aromatic rings. The van der Waals surface area contributed by atoms with E-state index in [1.165, 1.54) is 29.5 Å². The fourth-order valence-corrected chi connectivity index (χ4v) is 3.08. The first kappa shape index (κ1) is 13.4. The molecule has 0 saturated carbocycles. The van der Waals surface area contributed by atoms with Crippen LogP contribution in [0.5, 0.6) is 0 Å². The number of aryl methyl sites for hydroxylation is 3. The van der Waals surface area contributed by atoms with Crippen molar-refractivity contribution in [3.05, 3.63) is 52.4 Å². The number of hydrogen-bond acceptors (Lipinski definition) is 3. The van der Waals surface area contributed by atoms with Crippen LogP contribution in [0.2, 0.25) is 0 Å². The highest BCUT2D eigenvalue weighted by Gasteiger charge is 2.28. The van der Waals surface area contributed by atoms with Crippen LogP contribution in [-0.2, 0) is 6.54 Å². The van der Waals surface area contributed by atoms with Crippen molar-refractivity contribution in [2.45, 2.75) is 46.2 Å². The second-order valence-electron chi connectivity index (χ2n) is 5.92. The summed E-state index contributed by atoms with van der Waals surface area (Å²) in [6.45, 7) is 8.46. The Labute approximate surface area is 120 Å². The van der Waals surface area contributed by atoms with Crippen molar-refractivity contribution >= 4 is 0 Å². The summed E-state index contributed by atoms with van der Waals surface area (Å²) in [6.07, 6.45) is 2.41. The third-order valence-electron chi connectivity index (χ3n) is 4.23. The van der Waals surface area contributed by atoms with Gasteiger partial charge >= 0.3 is 0 Å². The van der Waals surface area contributed by atoms with Gasteiger partial charge in [0.25, 0.3) is 0 Å². The Balaban J connectivity index is 1.81. The molecule has 0 amide bonds. The number of aromatic nitrogens is 1. The summed E-state index contributed by atoms with van der Waals surface area (Å²) in [4.78, 5) is 2.53. The molecule has 0 spiro atoms. The first-order valence-corrected chi connectivity index (χ1v) is 7.37. The Morgan fingerprint density at radius 2 is 2.10 bits per heavy atom. The van der Waals surface area contributed by atoms with Gasteiger partial charge < -0.3 is 4.52 Å². The largest absolute Gasteiger partial charge is 0.361 e. The van der Waals surface area contributed by atoms with Crippen LogP contribution < -0.4 is 0 Å². The maximum absolute atomic E-state index is 5.24. The van der Waals surface area contributed by atoms with Crippen LogP contribution in [0.1, 0.15) is 47.0 Å². The highest BCUT2D eigenvalue weighted by Crippen LogP contribution is 2.33. The predicted octanol–water partition coefficient (Wildman–Crippen LogP) is 3.94. The molecule has 3 rings (SSSR count). The molecule has 2 heterocycles. The van der Waals surface area contributed by atoms with E-state index in [-0.39, 0.29) is 0 Å². The molecule has 0 unspecified atom stereocenters. The van der Waals surface area contributed by atoms with Gasteiger partial charge in [0.2, 0.25) is 0 Å². The van der Waals surface area contributed by atoms with Gasteiger partial charge in [-0.25, -0.2) is 0 Å². The lowest BCUT2D eigenvalue weighted by atomic mass is 10.0. The standard InChI is InChI=1S/C17H22N2O/c1-12-6-7-13(2)15(9-12)11-19-8-4-5-17(19)16-10-14(3)20-18-16/h6-7,9-10,17H,4-5,8,11H2,1-3H3/t17-/m0/s1. The first-order chi connectivity index (χ1) is 9.63. The van der Waals surface area contributed by atoms with Crippen molar-refractivity contribution in [2.24, 2.45) is 0 Å². The van der Waals surface area contributed by atoms with Crippen molar-refractivity contribution in [2.75, 3.05) is 6.54 Å². The molecular weight excluding hydrogens is 248 g/mol. The lowest BCUT2D eigenvalue weighted by molar-refractivity contribution is 0.236. The van der Waals surface area contributed by atoms with Gasteiger partial charge in [-0.15, -0.1) is 0 Å². The summed E-state index contributed by atoms with van der Waals surface area (Å²) in [6, 6.07) is 9.19. The predicted molar refractivity (Wildman–Crippen MR) is 79.5 cm³/mol. The van der Waals surface area contributed by atoms with Gasteiger partial charge in [-0.05, 0) is 51.3 Å². The Kier molecular flexibility index (Phi) is 3.62. The van der Waals surface area contributed by atoms with Crippen molar-refractivity contribution < 1.29 is 4.52 Å². The van der Waals surface area contributed by atoms with Gasteiger partial charge in [0, 0.05) is 12.6 Å². The van der Waals surface area contributed by atoms with Crippen LogP contribution in [0.25, 0.3) is 0 Å². The molecule has 20 heavy (non-hydrogen) atoms. The number of rotatable bonds is 3. The van der Waals surface area contributed by atoms with E-state index in [0.29, 0.717) is 6.04 Å². The van der Waals surface area contributed by atoms with Crippen LogP contribution in [0.15, 0.2) is 28.8 Å². The van der Waals surface area contributed by atoms with Crippen LogP contribution >= 0.6 is 0 Å². The van der Waals surface area contributed by atoms with Crippen LogP contribution in [0, 0.1) is 20.8 Å². The smallest absolute Gasteiger partial charge is 0.133 e. The molecule has 0 radical (unpaired) electrons. The summed E-state index contributed by atoms with van der Waals surface area (Å²) in [7, 11) is 0. The summed E-state index contributed by atoms with van der Waals surface area (Å²) < 4.78 is 5.24. The number of benzene rings is 1. The third-order valence-corrected chi connectivity index (χ3v) is 4.23. The van der Waals surface area contributed by atoms with E-state index in [0.717, 1.165) is 24.5 Å². The molecular formula is C17H22N2O. The van der Waals surface area contributed by atoms with Crippen LogP contribution in [0.3, 0.4) is 0 Å². The minimum absolute atomic E-state index is 0.410. The Bertz CT molecular complexity index is 603. The van der Waals surface area contributed by atoms with Crippen LogP contribution in [-0.4, -0.2) is 16.6 Å². The number of hydrogen-bond donors (Lipinski definition) is 0. The van der Waals surface area contributed by atoms with Gasteiger partial charge in [-0.3, -0.25) is 4.90 Å². The van der Waals surface area contributed by atoms with E-state index in [2.05, 4.69) is 48.2 Å². The van der Waals surface area contributed by atoms with E-state index in [1.807, 2.05) is 6.92 Å². The van der Waals surface area contributed by atoms with Crippen molar-refractivity contribution in [1.29, 1.82) is 0 Å². The first-order valence-electron chi connectivity index (χ1n) is 7.37. The molecule has 1 aromatic heterocycles. The lowest BCUT2D eigenvalue weighted by Crippen LogP contribution is -2.23. The molecule has 106 valence electrons. The zero-order valence-corrected chi connectivity index (χ0v) is 12.5. The minimum atomic E-state index is 0.410. The summed E-state index contributed by atoms with van der Waals surface area (Å²) >= 11 is 0. The second-order valence-corrected chi connectivity index (χ2v) is 5.92. The summed E-state index contributed by atoms with van der Waals surface area (Å²) in [5.74, 6) is 0.901. The Hall–Kier alpha value is -1.61. The molecule has 1 aliphatic heterocycles. The SMILES string of the molecule is Cc1ccc(C)c(CN2CCC[C@H]2c2cc(C)on2)c1. The quantitative estimate of drug-likeness (QED) is 0.846. The second kappa shape index (κ2) is 5.41. The summed E-state index contributed by atoms with van der Waals surface area (Å²) in [5.41, 5.74) is 5.22. The van der Waals surface area contributed by atoms with Crippen LogP contribution in [0.4, 0.5) is 0 Å². The average Bonchev–Trinajstić information content (AvgIpc) is 3.02. The fourth-order valence-electron chi connectivity index (χ4n) is 3.08. The maximum Gasteiger partial charge on any atom is 0.133 e. The average molecular weight is 270 g/mol. The van der Waals surface area contributed by atoms with E-state index in [4.69, 9.17) is 4.52 Å². The highest BCUT2D eigenvalue weighted by molar-refractivity contribution is 5.30. The Morgan fingerprint density at radius 1 is 1.25 bits per heavy atom. The van der Waals surface area contributed by atoms with E-state index < -0.39 is 0 Å². The molecule has 1 aliphatic rings. The number of nitrogens with zero attached hydrogens (tertiary/aromatic N) is 2.